The average Bonchev–Trinajstić information content (AvgIpc) is 2.91. The fourth-order valence-electron chi connectivity index (χ4n) is 2.92. The minimum absolute atomic E-state index is 0.0611. The largest absolute Gasteiger partial charge is 0.269 e. The van der Waals surface area contributed by atoms with Crippen molar-refractivity contribution in [3.05, 3.63) is 59.2 Å². The van der Waals surface area contributed by atoms with Gasteiger partial charge in [-0.3, -0.25) is 4.68 Å². The van der Waals surface area contributed by atoms with Crippen LogP contribution in [0.5, 0.6) is 0 Å². The van der Waals surface area contributed by atoms with Crippen LogP contribution in [0.3, 0.4) is 0 Å². The summed E-state index contributed by atoms with van der Waals surface area (Å²) in [7, 11) is -3.87. The van der Waals surface area contributed by atoms with Crippen molar-refractivity contribution in [3.8, 4) is 22.4 Å². The molecule has 0 aliphatic rings. The molecule has 1 aromatic heterocycles. The second-order valence-corrected chi connectivity index (χ2v) is 7.64. The number of aryl methyl sites for hydroxylation is 1. The van der Waals surface area contributed by atoms with Gasteiger partial charge in [-0.1, -0.05) is 41.9 Å². The molecule has 0 amide bonds. The first kappa shape index (κ1) is 17.7. The normalized spacial score (nSPS) is 11.7. The molecule has 25 heavy (non-hydrogen) atoms. The number of aromatic nitrogens is 2. The molecule has 0 fully saturated rings. The van der Waals surface area contributed by atoms with Gasteiger partial charge in [0, 0.05) is 28.4 Å². The van der Waals surface area contributed by atoms with Crippen molar-refractivity contribution in [1.29, 1.82) is 0 Å². The molecule has 2 N–H and O–H groups in total. The van der Waals surface area contributed by atoms with Crippen LogP contribution in [-0.4, -0.2) is 18.2 Å². The lowest BCUT2D eigenvalue weighted by Gasteiger charge is -2.08. The number of nitrogens with zero attached hydrogens (tertiary/aromatic N) is 2. The topological polar surface area (TPSA) is 78.0 Å². The summed E-state index contributed by atoms with van der Waals surface area (Å²) >= 11 is 6.00. The van der Waals surface area contributed by atoms with E-state index in [1.165, 1.54) is 6.07 Å². The fraction of sp³-hybridized carbons (Fsp3) is 0.167. The van der Waals surface area contributed by atoms with Gasteiger partial charge in [0.1, 0.15) is 5.69 Å². The third kappa shape index (κ3) is 3.33. The predicted octanol–water partition coefficient (Wildman–Crippen LogP) is 3.85. The van der Waals surface area contributed by atoms with Gasteiger partial charge >= 0.3 is 0 Å². The summed E-state index contributed by atoms with van der Waals surface area (Å²) in [4.78, 5) is 0.0611. The van der Waals surface area contributed by atoms with Crippen molar-refractivity contribution in [3.63, 3.8) is 0 Å². The Bertz CT molecular complexity index is 1020. The summed E-state index contributed by atoms with van der Waals surface area (Å²) < 4.78 is 25.9. The van der Waals surface area contributed by atoms with E-state index in [2.05, 4.69) is 5.10 Å². The van der Waals surface area contributed by atoms with E-state index in [1.54, 1.807) is 30.3 Å². The summed E-state index contributed by atoms with van der Waals surface area (Å²) in [6, 6.07) is 14.0. The average molecular weight is 376 g/mol. The third-order valence-corrected chi connectivity index (χ3v) is 5.31. The molecule has 0 unspecified atom stereocenters. The smallest absolute Gasteiger partial charge is 0.238 e. The zero-order valence-electron chi connectivity index (χ0n) is 13.9. The number of benzene rings is 2. The van der Waals surface area contributed by atoms with Gasteiger partial charge in [0.25, 0.3) is 0 Å². The minimum Gasteiger partial charge on any atom is -0.269 e. The van der Waals surface area contributed by atoms with Crippen LogP contribution in [0, 0.1) is 6.92 Å². The van der Waals surface area contributed by atoms with E-state index in [1.807, 2.05) is 30.7 Å². The molecule has 0 spiro atoms. The monoisotopic (exact) mass is 375 g/mol. The molecular weight excluding hydrogens is 358 g/mol. The molecule has 0 aliphatic heterocycles. The van der Waals surface area contributed by atoms with Gasteiger partial charge in [0.2, 0.25) is 10.0 Å². The highest BCUT2D eigenvalue weighted by atomic mass is 35.5. The molecule has 5 nitrogen and oxygen atoms in total. The highest BCUT2D eigenvalue weighted by Gasteiger charge is 2.22. The summed E-state index contributed by atoms with van der Waals surface area (Å²) in [6.07, 6.45) is 0. The minimum atomic E-state index is -3.87. The van der Waals surface area contributed by atoms with Crippen LogP contribution in [0.1, 0.15) is 12.6 Å². The quantitative estimate of drug-likeness (QED) is 0.752. The molecule has 2 aromatic carbocycles. The fourth-order valence-corrected chi connectivity index (χ4v) is 3.78. The Balaban J connectivity index is 2.34. The highest BCUT2D eigenvalue weighted by Crippen LogP contribution is 2.37. The summed E-state index contributed by atoms with van der Waals surface area (Å²) in [6.45, 7) is 4.62. The Morgan fingerprint density at radius 1 is 1.12 bits per heavy atom. The van der Waals surface area contributed by atoms with Crippen LogP contribution < -0.4 is 5.14 Å². The van der Waals surface area contributed by atoms with E-state index in [0.717, 1.165) is 16.8 Å². The lowest BCUT2D eigenvalue weighted by Crippen LogP contribution is -2.13. The lowest BCUT2D eigenvalue weighted by molar-refractivity contribution is 0.598. The van der Waals surface area contributed by atoms with E-state index in [4.69, 9.17) is 16.7 Å². The molecule has 1 heterocycles. The second kappa shape index (κ2) is 6.63. The number of primary sulfonamides is 1. The van der Waals surface area contributed by atoms with Crippen molar-refractivity contribution in [2.24, 2.45) is 5.14 Å². The Labute approximate surface area is 152 Å². The van der Waals surface area contributed by atoms with Gasteiger partial charge < -0.3 is 0 Å². The molecule has 0 bridgehead atoms. The lowest BCUT2D eigenvalue weighted by atomic mass is 9.99. The third-order valence-electron chi connectivity index (χ3n) is 4.09. The number of hydrogen-bond donors (Lipinski definition) is 1. The van der Waals surface area contributed by atoms with Crippen molar-refractivity contribution in [2.45, 2.75) is 25.3 Å². The van der Waals surface area contributed by atoms with Crippen LogP contribution >= 0.6 is 11.6 Å². The first-order chi connectivity index (χ1) is 11.8. The van der Waals surface area contributed by atoms with Gasteiger partial charge in [-0.2, -0.15) is 5.10 Å². The van der Waals surface area contributed by atoms with Crippen LogP contribution in [0.2, 0.25) is 5.02 Å². The van der Waals surface area contributed by atoms with Crippen molar-refractivity contribution in [2.75, 3.05) is 0 Å². The van der Waals surface area contributed by atoms with E-state index in [0.29, 0.717) is 22.8 Å². The van der Waals surface area contributed by atoms with Gasteiger partial charge in [-0.05, 0) is 37.6 Å². The summed E-state index contributed by atoms with van der Waals surface area (Å²) in [5, 5.41) is 10.7. The maximum absolute atomic E-state index is 12.0. The van der Waals surface area contributed by atoms with E-state index < -0.39 is 10.0 Å². The van der Waals surface area contributed by atoms with Crippen molar-refractivity contribution < 1.29 is 8.42 Å². The maximum atomic E-state index is 12.0. The molecule has 0 saturated carbocycles. The Kier molecular flexibility index (Phi) is 4.69. The Morgan fingerprint density at radius 3 is 2.36 bits per heavy atom. The first-order valence-corrected chi connectivity index (χ1v) is 9.71. The van der Waals surface area contributed by atoms with E-state index in [9.17, 15) is 8.42 Å². The zero-order chi connectivity index (χ0) is 18.2. The second-order valence-electron chi connectivity index (χ2n) is 5.67. The van der Waals surface area contributed by atoms with Crippen LogP contribution in [0.4, 0.5) is 0 Å². The molecule has 0 radical (unpaired) electrons. The highest BCUT2D eigenvalue weighted by molar-refractivity contribution is 7.89. The molecule has 0 atom stereocenters. The number of rotatable bonds is 4. The van der Waals surface area contributed by atoms with Gasteiger partial charge in [-0.15, -0.1) is 0 Å². The standard InChI is InChI=1S/C18H18ClN3O2S/c1-3-22-12(2)17(13-8-10-14(19)11-9-13)18(21-22)15-6-4-5-7-16(15)25(20,23)24/h4-11H,3H2,1-2H3,(H2,20,23,24). The zero-order valence-corrected chi connectivity index (χ0v) is 15.5. The molecule has 130 valence electrons. The maximum Gasteiger partial charge on any atom is 0.238 e. The number of nitrogens with two attached hydrogens (primary N) is 1. The summed E-state index contributed by atoms with van der Waals surface area (Å²) in [5.41, 5.74) is 3.82. The number of hydrogen-bond acceptors (Lipinski definition) is 3. The van der Waals surface area contributed by atoms with E-state index in [-0.39, 0.29) is 4.90 Å². The van der Waals surface area contributed by atoms with Gasteiger partial charge in [-0.25, -0.2) is 13.6 Å². The van der Waals surface area contributed by atoms with Gasteiger partial charge in [0.05, 0.1) is 4.90 Å². The molecule has 0 saturated heterocycles. The molecule has 3 aromatic rings. The van der Waals surface area contributed by atoms with Crippen LogP contribution in [0.25, 0.3) is 22.4 Å². The Morgan fingerprint density at radius 2 is 1.76 bits per heavy atom. The number of sulfonamides is 1. The molecule has 7 heteroatoms. The molecular formula is C18H18ClN3O2S. The van der Waals surface area contributed by atoms with Crippen LogP contribution in [0.15, 0.2) is 53.4 Å². The van der Waals surface area contributed by atoms with Gasteiger partial charge in [0.15, 0.2) is 0 Å². The first-order valence-electron chi connectivity index (χ1n) is 7.78. The van der Waals surface area contributed by atoms with Crippen molar-refractivity contribution in [1.82, 2.24) is 9.78 Å². The summed E-state index contributed by atoms with van der Waals surface area (Å²) in [5.74, 6) is 0. The Hall–Kier alpha value is -2.15. The molecule has 3 rings (SSSR count). The number of halogens is 1. The van der Waals surface area contributed by atoms with Crippen molar-refractivity contribution >= 4 is 21.6 Å². The van der Waals surface area contributed by atoms with Crippen LogP contribution in [-0.2, 0) is 16.6 Å². The predicted molar refractivity (Wildman–Crippen MR) is 99.9 cm³/mol. The SMILES string of the molecule is CCn1nc(-c2ccccc2S(N)(=O)=O)c(-c2ccc(Cl)cc2)c1C. The van der Waals surface area contributed by atoms with E-state index >= 15 is 0 Å². The molecule has 0 aliphatic carbocycles.